The fraction of sp³-hybridized carbons (Fsp3) is 0.226. The van der Waals surface area contributed by atoms with Gasteiger partial charge in [0.1, 0.15) is 11.7 Å². The van der Waals surface area contributed by atoms with Crippen molar-refractivity contribution in [1.82, 2.24) is 5.32 Å². The second kappa shape index (κ2) is 14.4. The Bertz CT molecular complexity index is 1220. The normalized spacial score (nSPS) is 10.7. The van der Waals surface area contributed by atoms with Gasteiger partial charge in [0.15, 0.2) is 0 Å². The number of nitrogens with two attached hydrogens (primary N) is 1. The zero-order chi connectivity index (χ0) is 26.5. The van der Waals surface area contributed by atoms with Crippen LogP contribution in [0.3, 0.4) is 0 Å². The van der Waals surface area contributed by atoms with E-state index in [1.165, 1.54) is 25.3 Å². The van der Waals surface area contributed by atoms with Crippen molar-refractivity contribution in [3.63, 3.8) is 0 Å². The quantitative estimate of drug-likeness (QED) is 0.166. The number of anilines is 1. The highest BCUT2D eigenvalue weighted by Gasteiger charge is 2.13. The largest absolute Gasteiger partial charge is 0.398 e. The minimum atomic E-state index is -0.305. The third-order valence-corrected chi connectivity index (χ3v) is 5.69. The van der Waals surface area contributed by atoms with Crippen molar-refractivity contribution in [2.75, 3.05) is 12.3 Å². The summed E-state index contributed by atoms with van der Waals surface area (Å²) in [6.45, 7) is 14.1. The van der Waals surface area contributed by atoms with E-state index in [0.29, 0.717) is 39.6 Å². The lowest BCUT2D eigenvalue weighted by Gasteiger charge is -2.16. The van der Waals surface area contributed by atoms with E-state index in [1.807, 2.05) is 42.5 Å². The summed E-state index contributed by atoms with van der Waals surface area (Å²) in [7, 11) is 0. The van der Waals surface area contributed by atoms with Crippen LogP contribution < -0.4 is 11.1 Å². The lowest BCUT2D eigenvalue weighted by Crippen LogP contribution is -2.25. The SMILES string of the molecule is C=Cc1ccccc1C(=N)CN=C(NC(=C)c1cccc(F)c1C)c1ccccc1N.CCCCC. The van der Waals surface area contributed by atoms with Crippen LogP contribution >= 0.6 is 0 Å². The van der Waals surface area contributed by atoms with Crippen molar-refractivity contribution in [1.29, 1.82) is 5.41 Å². The molecule has 36 heavy (non-hydrogen) atoms. The average Bonchev–Trinajstić information content (AvgIpc) is 2.89. The van der Waals surface area contributed by atoms with E-state index in [-0.39, 0.29) is 12.4 Å². The maximum absolute atomic E-state index is 14.0. The maximum Gasteiger partial charge on any atom is 0.135 e. The van der Waals surface area contributed by atoms with Gasteiger partial charge in [0.2, 0.25) is 0 Å². The van der Waals surface area contributed by atoms with Gasteiger partial charge in [-0.15, -0.1) is 0 Å². The molecule has 3 aromatic carbocycles. The molecule has 0 aliphatic rings. The smallest absolute Gasteiger partial charge is 0.135 e. The number of amidine groups is 1. The summed E-state index contributed by atoms with van der Waals surface area (Å²) < 4.78 is 14.0. The minimum absolute atomic E-state index is 0.122. The number of nitrogens with one attached hydrogen (secondary N) is 2. The summed E-state index contributed by atoms with van der Waals surface area (Å²) in [4.78, 5) is 4.64. The molecule has 0 amide bonds. The molecule has 0 aliphatic carbocycles. The Morgan fingerprint density at radius 1 is 0.972 bits per heavy atom. The van der Waals surface area contributed by atoms with Crippen LogP contribution in [0.1, 0.15) is 60.9 Å². The van der Waals surface area contributed by atoms with Crippen LogP contribution in [0.5, 0.6) is 0 Å². The Hall–Kier alpha value is -3.99. The van der Waals surface area contributed by atoms with Gasteiger partial charge in [0.05, 0.1) is 12.3 Å². The predicted octanol–water partition coefficient (Wildman–Crippen LogP) is 7.63. The molecule has 0 heterocycles. The lowest BCUT2D eigenvalue weighted by atomic mass is 10.0. The van der Waals surface area contributed by atoms with Crippen LogP contribution in [0, 0.1) is 18.2 Å². The molecule has 0 aromatic heterocycles. The van der Waals surface area contributed by atoms with Crippen LogP contribution in [0.15, 0.2) is 84.9 Å². The van der Waals surface area contributed by atoms with E-state index in [1.54, 1.807) is 31.2 Å². The number of unbranched alkanes of at least 4 members (excludes halogenated alkanes) is 2. The number of rotatable bonds is 9. The highest BCUT2D eigenvalue weighted by atomic mass is 19.1. The van der Waals surface area contributed by atoms with Crippen molar-refractivity contribution in [2.24, 2.45) is 4.99 Å². The van der Waals surface area contributed by atoms with Crippen molar-refractivity contribution >= 4 is 29.0 Å². The molecule has 0 saturated carbocycles. The Morgan fingerprint density at radius 2 is 1.58 bits per heavy atom. The number of nitrogens with zero attached hydrogens (tertiary/aromatic N) is 1. The van der Waals surface area contributed by atoms with E-state index >= 15 is 0 Å². The molecule has 0 aliphatic heterocycles. The standard InChI is InChI=1S/C26H25FN4.C5H12/c1-4-19-10-5-6-11-21(19)25(29)16-30-26(22-12-7-8-15-24(22)28)31-18(3)20-13-9-14-23(27)17(20)2;1-3-5-4-2/h4-15,29H,1,3,16,28H2,2H3,(H,30,31);3-5H2,1-2H3. The fourth-order valence-corrected chi connectivity index (χ4v) is 3.60. The second-order valence-electron chi connectivity index (χ2n) is 8.39. The number of aliphatic imine (C=N–C) groups is 1. The summed E-state index contributed by atoms with van der Waals surface area (Å²) in [6.07, 6.45) is 5.80. The molecule has 188 valence electrons. The fourth-order valence-electron chi connectivity index (χ4n) is 3.60. The summed E-state index contributed by atoms with van der Waals surface area (Å²) in [5.41, 5.74) is 11.0. The molecule has 3 rings (SSSR count). The summed E-state index contributed by atoms with van der Waals surface area (Å²) in [6, 6.07) is 19.7. The molecule has 0 unspecified atom stereocenters. The van der Waals surface area contributed by atoms with Gasteiger partial charge in [-0.1, -0.05) is 101 Å². The van der Waals surface area contributed by atoms with Crippen molar-refractivity contribution < 1.29 is 4.39 Å². The van der Waals surface area contributed by atoms with Gasteiger partial charge in [-0.2, -0.15) is 0 Å². The Balaban J connectivity index is 0.000000830. The molecule has 0 spiro atoms. The third-order valence-electron chi connectivity index (χ3n) is 5.69. The van der Waals surface area contributed by atoms with E-state index in [9.17, 15) is 4.39 Å². The maximum atomic E-state index is 14.0. The van der Waals surface area contributed by atoms with Crippen LogP contribution in [-0.2, 0) is 0 Å². The van der Waals surface area contributed by atoms with Gasteiger partial charge in [-0.25, -0.2) is 4.39 Å². The zero-order valence-corrected chi connectivity index (χ0v) is 21.6. The predicted molar refractivity (Wildman–Crippen MR) is 154 cm³/mol. The Labute approximate surface area is 215 Å². The minimum Gasteiger partial charge on any atom is -0.398 e. The molecular weight excluding hydrogens is 447 g/mol. The average molecular weight is 485 g/mol. The van der Waals surface area contributed by atoms with Crippen LogP contribution in [0.4, 0.5) is 10.1 Å². The number of hydrogen-bond donors (Lipinski definition) is 3. The molecule has 0 atom stereocenters. The molecule has 0 bridgehead atoms. The highest BCUT2D eigenvalue weighted by molar-refractivity contribution is 6.09. The molecule has 4 nitrogen and oxygen atoms in total. The topological polar surface area (TPSA) is 74.3 Å². The van der Waals surface area contributed by atoms with Gasteiger partial charge in [-0.05, 0) is 36.2 Å². The van der Waals surface area contributed by atoms with Gasteiger partial charge in [0, 0.05) is 28.1 Å². The summed E-state index contributed by atoms with van der Waals surface area (Å²) >= 11 is 0. The number of halogens is 1. The van der Waals surface area contributed by atoms with E-state index in [4.69, 9.17) is 11.1 Å². The van der Waals surface area contributed by atoms with E-state index in [0.717, 1.165) is 11.1 Å². The van der Waals surface area contributed by atoms with Gasteiger partial charge in [0.25, 0.3) is 0 Å². The first-order valence-electron chi connectivity index (χ1n) is 12.2. The van der Waals surface area contributed by atoms with Crippen LogP contribution in [-0.4, -0.2) is 18.1 Å². The van der Waals surface area contributed by atoms with Crippen LogP contribution in [0.25, 0.3) is 11.8 Å². The van der Waals surface area contributed by atoms with Crippen LogP contribution in [0.2, 0.25) is 0 Å². The molecule has 0 radical (unpaired) electrons. The third kappa shape index (κ3) is 7.77. The highest BCUT2D eigenvalue weighted by Crippen LogP contribution is 2.20. The van der Waals surface area contributed by atoms with Gasteiger partial charge < -0.3 is 16.5 Å². The summed E-state index contributed by atoms with van der Waals surface area (Å²) in [5.74, 6) is 0.161. The second-order valence-corrected chi connectivity index (χ2v) is 8.39. The first-order chi connectivity index (χ1) is 17.3. The van der Waals surface area contributed by atoms with E-state index in [2.05, 4.69) is 37.3 Å². The lowest BCUT2D eigenvalue weighted by molar-refractivity contribution is 0.618. The summed E-state index contributed by atoms with van der Waals surface area (Å²) in [5, 5.41) is 11.7. The van der Waals surface area contributed by atoms with Crippen molar-refractivity contribution in [3.05, 3.63) is 114 Å². The number of hydrogen-bond acceptors (Lipinski definition) is 3. The molecule has 3 aromatic rings. The van der Waals surface area contributed by atoms with E-state index < -0.39 is 0 Å². The number of benzene rings is 3. The molecule has 0 fully saturated rings. The Morgan fingerprint density at radius 3 is 2.19 bits per heavy atom. The Kier molecular flexibility index (Phi) is 11.3. The van der Waals surface area contributed by atoms with Gasteiger partial charge >= 0.3 is 0 Å². The number of nitrogen functional groups attached to an aromatic ring is 1. The number of para-hydroxylation sites is 1. The zero-order valence-electron chi connectivity index (χ0n) is 21.6. The molecule has 4 N–H and O–H groups in total. The first kappa shape index (κ1) is 28.2. The van der Waals surface area contributed by atoms with Crippen molar-refractivity contribution in [3.8, 4) is 0 Å². The first-order valence-corrected chi connectivity index (χ1v) is 12.2. The van der Waals surface area contributed by atoms with Crippen molar-refractivity contribution in [2.45, 2.75) is 40.0 Å². The molecule has 5 heteroatoms. The molecule has 0 saturated heterocycles. The van der Waals surface area contributed by atoms with Gasteiger partial charge in [-0.3, -0.25) is 4.99 Å². The molecular formula is C31H37FN4. The monoisotopic (exact) mass is 484 g/mol.